The third kappa shape index (κ3) is 4.73. The Morgan fingerprint density at radius 3 is 2.11 bits per heavy atom. The van der Waals surface area contributed by atoms with E-state index in [4.69, 9.17) is 18.9 Å². The normalized spacial score (nSPS) is 11.3. The van der Waals surface area contributed by atoms with Crippen molar-refractivity contribution in [1.82, 2.24) is 0 Å². The molecule has 0 aromatic heterocycles. The van der Waals surface area contributed by atoms with Gasteiger partial charge in [0, 0.05) is 17.8 Å². The summed E-state index contributed by atoms with van der Waals surface area (Å²) in [5, 5.41) is 3.32. The van der Waals surface area contributed by atoms with Crippen molar-refractivity contribution in [3.05, 3.63) is 60.2 Å². The van der Waals surface area contributed by atoms with Crippen LogP contribution in [0.2, 0.25) is 0 Å². The van der Waals surface area contributed by atoms with E-state index in [0.29, 0.717) is 28.5 Å². The Kier molecular flexibility index (Phi) is 7.11. The summed E-state index contributed by atoms with van der Waals surface area (Å²) >= 11 is 0. The van der Waals surface area contributed by atoms with Crippen molar-refractivity contribution >= 4 is 11.7 Å². The lowest BCUT2D eigenvalue weighted by molar-refractivity contribution is -0.138. The monoisotopic (exact) mass is 371 g/mol. The minimum Gasteiger partial charge on any atom is -0.493 e. The van der Waals surface area contributed by atoms with Crippen molar-refractivity contribution in [2.45, 2.75) is 13.0 Å². The topological polar surface area (TPSA) is 66.0 Å². The smallest absolute Gasteiger partial charge is 0.335 e. The molecule has 0 radical (unpaired) electrons. The van der Waals surface area contributed by atoms with Crippen LogP contribution >= 0.6 is 0 Å². The van der Waals surface area contributed by atoms with Crippen LogP contribution in [0.15, 0.2) is 54.6 Å². The molecule has 0 bridgehead atoms. The third-order valence-electron chi connectivity index (χ3n) is 3.99. The van der Waals surface area contributed by atoms with Crippen LogP contribution in [0.1, 0.15) is 18.5 Å². The lowest BCUT2D eigenvalue weighted by atomic mass is 9.99. The van der Waals surface area contributed by atoms with E-state index in [2.05, 4.69) is 11.9 Å². The van der Waals surface area contributed by atoms with Gasteiger partial charge in [0.1, 0.15) is 0 Å². The maximum Gasteiger partial charge on any atom is 0.335 e. The maximum atomic E-state index is 12.3. The van der Waals surface area contributed by atoms with Crippen molar-refractivity contribution in [3.8, 4) is 17.2 Å². The number of carbonyl (C=O) groups is 1. The van der Waals surface area contributed by atoms with Gasteiger partial charge in [0.15, 0.2) is 11.5 Å². The summed E-state index contributed by atoms with van der Waals surface area (Å²) in [5.74, 6) is 1.05. The Hall–Kier alpha value is -3.15. The molecule has 0 aliphatic heterocycles. The molecular weight excluding hydrogens is 346 g/mol. The van der Waals surface area contributed by atoms with E-state index in [0.717, 1.165) is 5.56 Å². The predicted molar refractivity (Wildman–Crippen MR) is 105 cm³/mol. The van der Waals surface area contributed by atoms with Crippen molar-refractivity contribution in [2.24, 2.45) is 0 Å². The molecule has 144 valence electrons. The lowest BCUT2D eigenvalue weighted by Gasteiger charge is -2.23. The van der Waals surface area contributed by atoms with Gasteiger partial charge in [0.25, 0.3) is 0 Å². The van der Waals surface area contributed by atoms with Crippen LogP contribution in [-0.4, -0.2) is 33.9 Å². The van der Waals surface area contributed by atoms with E-state index in [-0.39, 0.29) is 6.61 Å². The highest BCUT2D eigenvalue weighted by molar-refractivity contribution is 5.90. The highest BCUT2D eigenvalue weighted by Crippen LogP contribution is 2.41. The Labute approximate surface area is 159 Å². The van der Waals surface area contributed by atoms with Crippen molar-refractivity contribution in [2.75, 3.05) is 33.3 Å². The van der Waals surface area contributed by atoms with E-state index < -0.39 is 12.0 Å². The zero-order valence-corrected chi connectivity index (χ0v) is 16.1. The van der Waals surface area contributed by atoms with Gasteiger partial charge in [-0.3, -0.25) is 0 Å². The van der Waals surface area contributed by atoms with E-state index >= 15 is 0 Å². The number of carbonyl (C=O) groups excluding carboxylic acids is 1. The fourth-order valence-corrected chi connectivity index (χ4v) is 2.69. The standard InChI is InChI=1S/C21H25NO5/c1-6-27-21(23)14(2)19(15-10-8-7-9-11-15)22-16-12-17(24-3)20(26-5)18(13-16)25-4/h7-13,19,22H,2,6H2,1,3-5H3. The number of ether oxygens (including phenoxy) is 4. The SMILES string of the molecule is C=C(C(=O)OCC)C(Nc1cc(OC)c(OC)c(OC)c1)c1ccccc1. The van der Waals surface area contributed by atoms with Gasteiger partial charge in [0.2, 0.25) is 5.75 Å². The molecule has 0 saturated carbocycles. The van der Waals surface area contributed by atoms with Crippen molar-refractivity contribution in [1.29, 1.82) is 0 Å². The molecule has 6 nitrogen and oxygen atoms in total. The summed E-state index contributed by atoms with van der Waals surface area (Å²) in [6, 6.07) is 12.6. The van der Waals surface area contributed by atoms with Crippen LogP contribution in [0.5, 0.6) is 17.2 Å². The molecule has 0 fully saturated rings. The first-order valence-electron chi connectivity index (χ1n) is 8.53. The average Bonchev–Trinajstić information content (AvgIpc) is 2.71. The van der Waals surface area contributed by atoms with Crippen LogP contribution in [0.25, 0.3) is 0 Å². The molecule has 0 aliphatic rings. The summed E-state index contributed by atoms with van der Waals surface area (Å²) in [4.78, 5) is 12.3. The molecule has 0 aliphatic carbocycles. The molecule has 0 saturated heterocycles. The molecule has 0 spiro atoms. The fourth-order valence-electron chi connectivity index (χ4n) is 2.69. The summed E-state index contributed by atoms with van der Waals surface area (Å²) in [7, 11) is 4.64. The maximum absolute atomic E-state index is 12.3. The van der Waals surface area contributed by atoms with Gasteiger partial charge < -0.3 is 24.3 Å². The van der Waals surface area contributed by atoms with Gasteiger partial charge in [-0.15, -0.1) is 0 Å². The number of hydrogen-bond acceptors (Lipinski definition) is 6. The number of methoxy groups -OCH3 is 3. The molecular formula is C21H25NO5. The quantitative estimate of drug-likeness (QED) is 0.531. The molecule has 1 atom stereocenters. The summed E-state index contributed by atoms with van der Waals surface area (Å²) in [5.41, 5.74) is 1.87. The number of rotatable bonds is 9. The third-order valence-corrected chi connectivity index (χ3v) is 3.99. The van der Waals surface area contributed by atoms with Gasteiger partial charge in [0.05, 0.1) is 39.6 Å². The molecule has 2 rings (SSSR count). The molecule has 2 aromatic rings. The molecule has 2 aromatic carbocycles. The summed E-state index contributed by atoms with van der Waals surface area (Å²) in [6.45, 7) is 5.98. The minimum absolute atomic E-state index is 0.281. The summed E-state index contributed by atoms with van der Waals surface area (Å²) in [6.07, 6.45) is 0. The van der Waals surface area contributed by atoms with Gasteiger partial charge in [-0.2, -0.15) is 0 Å². The second-order valence-corrected chi connectivity index (χ2v) is 5.65. The molecule has 0 amide bonds. The van der Waals surface area contributed by atoms with Gasteiger partial charge in [-0.1, -0.05) is 36.9 Å². The zero-order chi connectivity index (χ0) is 19.8. The number of hydrogen-bond donors (Lipinski definition) is 1. The van der Waals surface area contributed by atoms with Crippen LogP contribution in [0, 0.1) is 0 Å². The van der Waals surface area contributed by atoms with Gasteiger partial charge in [-0.05, 0) is 12.5 Å². The van der Waals surface area contributed by atoms with Crippen LogP contribution in [0.3, 0.4) is 0 Å². The molecule has 6 heteroatoms. The fraction of sp³-hybridized carbons (Fsp3) is 0.286. The average molecular weight is 371 g/mol. The lowest BCUT2D eigenvalue weighted by Crippen LogP contribution is -2.20. The molecule has 27 heavy (non-hydrogen) atoms. The zero-order valence-electron chi connectivity index (χ0n) is 16.1. The summed E-state index contributed by atoms with van der Waals surface area (Å²) < 4.78 is 21.3. The second kappa shape index (κ2) is 9.52. The molecule has 0 heterocycles. The van der Waals surface area contributed by atoms with Gasteiger partial charge >= 0.3 is 5.97 Å². The van der Waals surface area contributed by atoms with E-state index in [9.17, 15) is 4.79 Å². The van der Waals surface area contributed by atoms with Crippen molar-refractivity contribution < 1.29 is 23.7 Å². The molecule has 1 N–H and O–H groups in total. The highest BCUT2D eigenvalue weighted by atomic mass is 16.5. The Morgan fingerprint density at radius 1 is 1.04 bits per heavy atom. The number of benzene rings is 2. The number of anilines is 1. The van der Waals surface area contributed by atoms with Gasteiger partial charge in [-0.25, -0.2) is 4.79 Å². The molecule has 1 unspecified atom stereocenters. The highest BCUT2D eigenvalue weighted by Gasteiger charge is 2.23. The minimum atomic E-state index is -0.479. The first kappa shape index (κ1) is 20.2. The van der Waals surface area contributed by atoms with Crippen LogP contribution in [0.4, 0.5) is 5.69 Å². The Morgan fingerprint density at radius 2 is 1.63 bits per heavy atom. The number of nitrogens with one attached hydrogen (secondary N) is 1. The Bertz CT molecular complexity index is 763. The first-order chi connectivity index (χ1) is 13.0. The Balaban J connectivity index is 2.43. The van der Waals surface area contributed by atoms with Crippen molar-refractivity contribution in [3.63, 3.8) is 0 Å². The second-order valence-electron chi connectivity index (χ2n) is 5.65. The predicted octanol–water partition coefficient (Wildman–Crippen LogP) is 3.98. The van der Waals surface area contributed by atoms with Crippen LogP contribution in [-0.2, 0) is 9.53 Å². The van der Waals surface area contributed by atoms with E-state index in [1.807, 2.05) is 30.3 Å². The largest absolute Gasteiger partial charge is 0.493 e. The first-order valence-corrected chi connectivity index (χ1v) is 8.53. The van der Waals surface area contributed by atoms with E-state index in [1.165, 1.54) is 0 Å². The number of esters is 1. The van der Waals surface area contributed by atoms with E-state index in [1.54, 1.807) is 40.4 Å². The van der Waals surface area contributed by atoms with Crippen LogP contribution < -0.4 is 19.5 Å².